The number of nitrogens with zero attached hydrogens (tertiary/aromatic N) is 2. The lowest BCUT2D eigenvalue weighted by molar-refractivity contribution is -0.110. The van der Waals surface area contributed by atoms with Crippen LogP contribution in [0.4, 0.5) is 11.4 Å². The molecule has 2 aliphatic heterocycles. The molecule has 1 fully saturated rings. The number of pyridine rings is 1. The molecule has 7 heteroatoms. The minimum Gasteiger partial charge on any atom is -0.354 e. The van der Waals surface area contributed by atoms with E-state index in [4.69, 9.17) is 0 Å². The maximum atomic E-state index is 13.5. The van der Waals surface area contributed by atoms with Gasteiger partial charge in [0.1, 0.15) is 0 Å². The fourth-order valence-corrected chi connectivity index (χ4v) is 5.91. The van der Waals surface area contributed by atoms with Crippen LogP contribution in [0.25, 0.3) is 11.3 Å². The molecule has 3 aromatic carbocycles. The molecule has 0 unspecified atom stereocenters. The second-order valence-electron chi connectivity index (χ2n) is 11.2. The van der Waals surface area contributed by atoms with Gasteiger partial charge in [0.25, 0.3) is 11.8 Å². The van der Waals surface area contributed by atoms with Gasteiger partial charge in [0.2, 0.25) is 0 Å². The number of fused-ring (bicyclic) bond motifs is 1. The number of nitrogens with one attached hydrogen (secondary N) is 3. The number of amides is 2. The highest BCUT2D eigenvalue weighted by Gasteiger charge is 2.30. The largest absolute Gasteiger partial charge is 0.354 e. The van der Waals surface area contributed by atoms with Crippen molar-refractivity contribution < 1.29 is 9.59 Å². The average Bonchev–Trinajstić information content (AvgIpc) is 3.39. The zero-order valence-corrected chi connectivity index (χ0v) is 24.5. The van der Waals surface area contributed by atoms with E-state index in [0.29, 0.717) is 28.1 Å². The van der Waals surface area contributed by atoms with Crippen molar-refractivity contribution in [1.29, 1.82) is 0 Å². The zero-order chi connectivity index (χ0) is 29.6. The van der Waals surface area contributed by atoms with Crippen LogP contribution < -0.4 is 16.0 Å². The first-order valence-electron chi connectivity index (χ1n) is 15.1. The zero-order valence-electron chi connectivity index (χ0n) is 24.5. The highest BCUT2D eigenvalue weighted by molar-refractivity contribution is 6.37. The summed E-state index contributed by atoms with van der Waals surface area (Å²) in [4.78, 5) is 33.7. The number of hydrogen-bond donors (Lipinski definition) is 3. The van der Waals surface area contributed by atoms with Gasteiger partial charge in [-0.1, -0.05) is 55.8 Å². The lowest BCUT2D eigenvalue weighted by atomic mass is 9.98. The van der Waals surface area contributed by atoms with Crippen molar-refractivity contribution in [3.63, 3.8) is 0 Å². The van der Waals surface area contributed by atoms with Crippen LogP contribution in [0.15, 0.2) is 97.3 Å². The monoisotopic (exact) mass is 571 g/mol. The highest BCUT2D eigenvalue weighted by Crippen LogP contribution is 2.38. The molecule has 1 aromatic heterocycles. The molecule has 3 N–H and O–H groups in total. The maximum absolute atomic E-state index is 13.5. The van der Waals surface area contributed by atoms with Crippen LogP contribution in [0.1, 0.15) is 71.3 Å². The van der Waals surface area contributed by atoms with E-state index in [-0.39, 0.29) is 17.9 Å². The summed E-state index contributed by atoms with van der Waals surface area (Å²) in [6, 6.07) is 27.4. The average molecular weight is 572 g/mol. The molecule has 7 nitrogen and oxygen atoms in total. The minimum absolute atomic E-state index is 0.109. The first-order chi connectivity index (χ1) is 21.1. The number of rotatable bonds is 9. The van der Waals surface area contributed by atoms with Gasteiger partial charge in [-0.05, 0) is 85.9 Å². The van der Waals surface area contributed by atoms with E-state index in [2.05, 4.69) is 57.0 Å². The Morgan fingerprint density at radius 2 is 1.72 bits per heavy atom. The molecule has 43 heavy (non-hydrogen) atoms. The first-order valence-corrected chi connectivity index (χ1v) is 15.1. The van der Waals surface area contributed by atoms with E-state index in [0.717, 1.165) is 42.9 Å². The highest BCUT2D eigenvalue weighted by atomic mass is 16.2. The summed E-state index contributed by atoms with van der Waals surface area (Å²) in [6.07, 6.45) is 8.07. The number of hydrogen-bond acceptors (Lipinski definition) is 5. The van der Waals surface area contributed by atoms with E-state index in [1.165, 1.54) is 24.8 Å². The lowest BCUT2D eigenvalue weighted by Crippen LogP contribution is -2.29. The van der Waals surface area contributed by atoms with Crippen molar-refractivity contribution in [1.82, 2.24) is 15.2 Å². The fourth-order valence-electron chi connectivity index (χ4n) is 5.91. The number of anilines is 2. The Labute approximate surface area is 253 Å². The molecule has 0 bridgehead atoms. The quantitative estimate of drug-likeness (QED) is 0.191. The Bertz CT molecular complexity index is 1610. The van der Waals surface area contributed by atoms with Gasteiger partial charge in [-0.25, -0.2) is 0 Å². The predicted molar refractivity (Wildman–Crippen MR) is 172 cm³/mol. The third kappa shape index (κ3) is 6.52. The number of carbonyl (C=O) groups excluding carboxylic acids is 2. The van der Waals surface area contributed by atoms with Crippen molar-refractivity contribution in [3.05, 3.63) is 125 Å². The van der Waals surface area contributed by atoms with Crippen LogP contribution in [0.2, 0.25) is 0 Å². The lowest BCUT2D eigenvalue weighted by Gasteiger charge is -2.26. The minimum atomic E-state index is -0.226. The van der Waals surface area contributed by atoms with Crippen molar-refractivity contribution >= 4 is 34.5 Å². The van der Waals surface area contributed by atoms with Crippen molar-refractivity contribution in [3.8, 4) is 0 Å². The molecule has 3 heterocycles. The summed E-state index contributed by atoms with van der Waals surface area (Å²) in [5.41, 5.74) is 6.94. The van der Waals surface area contributed by atoms with Gasteiger partial charge < -0.3 is 16.0 Å². The van der Waals surface area contributed by atoms with E-state index in [1.807, 2.05) is 42.5 Å². The number of carbonyl (C=O) groups is 2. The number of piperidine rings is 1. The molecule has 2 aliphatic rings. The summed E-state index contributed by atoms with van der Waals surface area (Å²) >= 11 is 0. The Kier molecular flexibility index (Phi) is 8.61. The molecule has 4 aromatic rings. The van der Waals surface area contributed by atoms with Gasteiger partial charge >= 0.3 is 0 Å². The van der Waals surface area contributed by atoms with Crippen molar-refractivity contribution in [2.45, 2.75) is 45.2 Å². The second-order valence-corrected chi connectivity index (χ2v) is 11.2. The van der Waals surface area contributed by atoms with Crippen LogP contribution in [-0.2, 0) is 11.3 Å². The van der Waals surface area contributed by atoms with Crippen molar-refractivity contribution in [2.75, 3.05) is 23.7 Å². The van der Waals surface area contributed by atoms with Gasteiger partial charge in [0.05, 0.1) is 17.3 Å². The SMILES string of the molecule is CC[C@H](NC(=O)c1ccc2c(c1)/C(=C(/Nc1ccc(CN3CCCCC3)cc1)c1cccnc1)C(=O)N2)c1ccccc1. The third-order valence-electron chi connectivity index (χ3n) is 8.22. The molecule has 1 atom stereocenters. The number of aromatic nitrogens is 1. The molecule has 0 aliphatic carbocycles. The Hall–Kier alpha value is -4.75. The molecular formula is C36H37N5O2. The van der Waals surface area contributed by atoms with Gasteiger partial charge in [-0.2, -0.15) is 0 Å². The maximum Gasteiger partial charge on any atom is 0.258 e. The van der Waals surface area contributed by atoms with Crippen LogP contribution in [0.3, 0.4) is 0 Å². The van der Waals surface area contributed by atoms with E-state index >= 15 is 0 Å². The van der Waals surface area contributed by atoms with E-state index in [9.17, 15) is 9.59 Å². The summed E-state index contributed by atoms with van der Waals surface area (Å²) in [5.74, 6) is -0.409. The second kappa shape index (κ2) is 13.0. The summed E-state index contributed by atoms with van der Waals surface area (Å²) in [5, 5.41) is 9.67. The fraction of sp³-hybridized carbons (Fsp3) is 0.250. The van der Waals surface area contributed by atoms with Crippen LogP contribution >= 0.6 is 0 Å². The first kappa shape index (κ1) is 28.4. The third-order valence-corrected chi connectivity index (χ3v) is 8.22. The molecular weight excluding hydrogens is 534 g/mol. The molecule has 0 saturated carbocycles. The van der Waals surface area contributed by atoms with Crippen LogP contribution in [-0.4, -0.2) is 34.8 Å². The van der Waals surface area contributed by atoms with E-state index in [1.54, 1.807) is 30.6 Å². The normalized spacial score (nSPS) is 16.6. The topological polar surface area (TPSA) is 86.4 Å². The Morgan fingerprint density at radius 1 is 0.930 bits per heavy atom. The number of benzene rings is 3. The summed E-state index contributed by atoms with van der Waals surface area (Å²) in [7, 11) is 0. The predicted octanol–water partition coefficient (Wildman–Crippen LogP) is 6.88. The van der Waals surface area contributed by atoms with Gasteiger partial charge in [-0.15, -0.1) is 0 Å². The standard InChI is InChI=1S/C36H37N5O2/c1-2-31(26-10-5-3-6-11-26)39-35(42)27-15-18-32-30(22-27)33(36(43)40-32)34(28-12-9-19-37-23-28)38-29-16-13-25(14-17-29)24-41-20-7-4-8-21-41/h3,5-6,9-19,22-23,31,38H,2,4,7-8,20-21,24H2,1H3,(H,39,42)(H,40,43)/b34-33-/t31-/m0/s1. The Balaban J connectivity index is 1.31. The van der Waals surface area contributed by atoms with Gasteiger partial charge in [-0.3, -0.25) is 19.5 Å². The summed E-state index contributed by atoms with van der Waals surface area (Å²) in [6.45, 7) is 5.30. The molecule has 6 rings (SSSR count). The molecule has 218 valence electrons. The smallest absolute Gasteiger partial charge is 0.258 e. The molecule has 0 radical (unpaired) electrons. The summed E-state index contributed by atoms with van der Waals surface area (Å²) < 4.78 is 0. The van der Waals surface area contributed by atoms with Gasteiger partial charge in [0, 0.05) is 47.0 Å². The molecule has 0 spiro atoms. The van der Waals surface area contributed by atoms with Crippen molar-refractivity contribution in [2.24, 2.45) is 0 Å². The molecule has 1 saturated heterocycles. The van der Waals surface area contributed by atoms with Crippen LogP contribution in [0.5, 0.6) is 0 Å². The van der Waals surface area contributed by atoms with E-state index < -0.39 is 0 Å². The van der Waals surface area contributed by atoms with Crippen LogP contribution in [0, 0.1) is 0 Å². The molecule has 2 amide bonds. The number of likely N-dealkylation sites (tertiary alicyclic amines) is 1. The Morgan fingerprint density at radius 3 is 2.44 bits per heavy atom. The van der Waals surface area contributed by atoms with Gasteiger partial charge in [0.15, 0.2) is 0 Å².